The second-order valence-corrected chi connectivity index (χ2v) is 1.09. The van der Waals surface area contributed by atoms with E-state index in [-0.39, 0.29) is 6.61 Å². The lowest BCUT2D eigenvalue weighted by atomic mass is 10.8. The molecule has 0 bridgehead atoms. The highest BCUT2D eigenvalue weighted by molar-refractivity contribution is 6.21. The standard InChI is InChI=1S/C4H6FNO3/c5-1-2-9-6-3-4(7)8/h3H,1-2H2,(H,7,8). The van der Waals surface area contributed by atoms with E-state index in [0.717, 1.165) is 0 Å². The smallest absolute Gasteiger partial charge is 0.350 e. The van der Waals surface area contributed by atoms with E-state index in [9.17, 15) is 9.18 Å². The molecule has 0 radical (unpaired) electrons. The second-order valence-electron chi connectivity index (χ2n) is 1.09. The van der Waals surface area contributed by atoms with Crippen LogP contribution in [0.2, 0.25) is 0 Å². The number of carbonyl (C=O) groups is 1. The van der Waals surface area contributed by atoms with Crippen molar-refractivity contribution < 1.29 is 19.1 Å². The van der Waals surface area contributed by atoms with Gasteiger partial charge in [-0.15, -0.1) is 0 Å². The van der Waals surface area contributed by atoms with E-state index >= 15 is 0 Å². The van der Waals surface area contributed by atoms with Crippen LogP contribution < -0.4 is 0 Å². The number of aliphatic carboxylic acids is 1. The molecule has 0 aromatic heterocycles. The minimum Gasteiger partial charge on any atom is -0.477 e. The van der Waals surface area contributed by atoms with Crippen LogP contribution in [-0.4, -0.2) is 30.6 Å². The van der Waals surface area contributed by atoms with Crippen molar-refractivity contribution in [1.82, 2.24) is 0 Å². The van der Waals surface area contributed by atoms with E-state index in [1.54, 1.807) is 0 Å². The van der Waals surface area contributed by atoms with Crippen LogP contribution in [-0.2, 0) is 9.63 Å². The number of halogens is 1. The lowest BCUT2D eigenvalue weighted by molar-refractivity contribution is -0.129. The van der Waals surface area contributed by atoms with E-state index in [0.29, 0.717) is 6.21 Å². The van der Waals surface area contributed by atoms with Crippen LogP contribution in [0.5, 0.6) is 0 Å². The quantitative estimate of drug-likeness (QED) is 0.336. The molecule has 1 N–H and O–H groups in total. The zero-order valence-corrected chi connectivity index (χ0v) is 4.58. The van der Waals surface area contributed by atoms with Gasteiger partial charge in [-0.05, 0) is 0 Å². The van der Waals surface area contributed by atoms with Gasteiger partial charge in [-0.2, -0.15) is 0 Å². The summed E-state index contributed by atoms with van der Waals surface area (Å²) < 4.78 is 11.2. The normalized spacial score (nSPS) is 9.89. The molecule has 0 unspecified atom stereocenters. The fourth-order valence-corrected chi connectivity index (χ4v) is 0.170. The van der Waals surface area contributed by atoms with Gasteiger partial charge in [-0.1, -0.05) is 5.16 Å². The van der Waals surface area contributed by atoms with Gasteiger partial charge in [0.2, 0.25) is 0 Å². The van der Waals surface area contributed by atoms with Crippen molar-refractivity contribution in [2.45, 2.75) is 0 Å². The summed E-state index contributed by atoms with van der Waals surface area (Å²) in [6.45, 7) is -0.874. The fraction of sp³-hybridized carbons (Fsp3) is 0.500. The molecule has 52 valence electrons. The molecule has 4 nitrogen and oxygen atoms in total. The van der Waals surface area contributed by atoms with Gasteiger partial charge in [-0.25, -0.2) is 9.18 Å². The highest BCUT2D eigenvalue weighted by atomic mass is 19.1. The zero-order chi connectivity index (χ0) is 7.11. The Kier molecular flexibility index (Phi) is 4.39. The molecule has 0 rings (SSSR count). The Balaban J connectivity index is 3.15. The third-order valence-corrected chi connectivity index (χ3v) is 0.406. The number of hydrogen-bond acceptors (Lipinski definition) is 3. The number of rotatable bonds is 4. The summed E-state index contributed by atoms with van der Waals surface area (Å²) in [5, 5.41) is 10.8. The number of hydrogen-bond donors (Lipinski definition) is 1. The molecule has 0 fully saturated rings. The third kappa shape index (κ3) is 6.87. The molecule has 0 aromatic rings. The van der Waals surface area contributed by atoms with Crippen LogP contribution in [0.4, 0.5) is 4.39 Å². The Bertz CT molecular complexity index is 114. The van der Waals surface area contributed by atoms with Crippen LogP contribution in [0.15, 0.2) is 5.16 Å². The van der Waals surface area contributed by atoms with Gasteiger partial charge in [-0.3, -0.25) is 0 Å². The number of nitrogens with zero attached hydrogens (tertiary/aromatic N) is 1. The first-order valence-electron chi connectivity index (χ1n) is 2.21. The summed E-state index contributed by atoms with van der Waals surface area (Å²) in [5.74, 6) is -1.21. The van der Waals surface area contributed by atoms with Gasteiger partial charge >= 0.3 is 5.97 Å². The number of alkyl halides is 1. The van der Waals surface area contributed by atoms with Gasteiger partial charge in [0.05, 0.1) is 0 Å². The summed E-state index contributed by atoms with van der Waals surface area (Å²) in [6, 6.07) is 0. The second kappa shape index (κ2) is 5.02. The first-order chi connectivity index (χ1) is 4.27. The Morgan fingerprint density at radius 3 is 3.00 bits per heavy atom. The minimum absolute atomic E-state index is 0.205. The first kappa shape index (κ1) is 7.87. The van der Waals surface area contributed by atoms with Gasteiger partial charge in [0.15, 0.2) is 6.21 Å². The maximum absolute atomic E-state index is 11.2. The van der Waals surface area contributed by atoms with E-state index in [1.165, 1.54) is 0 Å². The summed E-state index contributed by atoms with van der Waals surface area (Å²) in [6.07, 6.45) is 0.551. The van der Waals surface area contributed by atoms with Crippen molar-refractivity contribution in [3.05, 3.63) is 0 Å². The van der Waals surface area contributed by atoms with Crippen molar-refractivity contribution >= 4 is 12.2 Å². The number of carboxylic acids is 1. The molecule has 9 heavy (non-hydrogen) atoms. The topological polar surface area (TPSA) is 58.9 Å². The lowest BCUT2D eigenvalue weighted by Gasteiger charge is -1.88. The van der Waals surface area contributed by atoms with Crippen LogP contribution >= 0.6 is 0 Å². The predicted octanol–water partition coefficient (Wildman–Crippen LogP) is 0.0429. The van der Waals surface area contributed by atoms with Gasteiger partial charge in [0.1, 0.15) is 13.3 Å². The summed E-state index contributed by atoms with van der Waals surface area (Å²) in [7, 11) is 0. The average Bonchev–Trinajstić information content (AvgIpc) is 1.80. The molecule has 0 amide bonds. The molecule has 0 spiro atoms. The van der Waals surface area contributed by atoms with E-state index < -0.39 is 12.6 Å². The minimum atomic E-state index is -1.21. The highest BCUT2D eigenvalue weighted by Crippen LogP contribution is 1.74. The van der Waals surface area contributed by atoms with Crippen LogP contribution in [0.25, 0.3) is 0 Å². The summed E-state index contributed by atoms with van der Waals surface area (Å²) in [5.41, 5.74) is 0. The lowest BCUT2D eigenvalue weighted by Crippen LogP contribution is -1.97. The maximum atomic E-state index is 11.2. The fourth-order valence-electron chi connectivity index (χ4n) is 0.170. The van der Waals surface area contributed by atoms with Crippen molar-refractivity contribution in [3.8, 4) is 0 Å². The molecule has 0 aliphatic heterocycles. The molecule has 0 saturated carbocycles. The van der Waals surface area contributed by atoms with Crippen LogP contribution in [0.1, 0.15) is 0 Å². The SMILES string of the molecule is O=C(O)C=NOCCF. The van der Waals surface area contributed by atoms with E-state index in [1.807, 2.05) is 0 Å². The number of oxime groups is 1. The number of carboxylic acid groups (broad SMARTS) is 1. The van der Waals surface area contributed by atoms with Gasteiger partial charge < -0.3 is 9.94 Å². The van der Waals surface area contributed by atoms with Crippen molar-refractivity contribution in [2.24, 2.45) is 5.16 Å². The van der Waals surface area contributed by atoms with Crippen LogP contribution in [0.3, 0.4) is 0 Å². The van der Waals surface area contributed by atoms with Crippen LogP contribution in [0, 0.1) is 0 Å². The van der Waals surface area contributed by atoms with E-state index in [2.05, 4.69) is 9.99 Å². The van der Waals surface area contributed by atoms with Gasteiger partial charge in [0, 0.05) is 0 Å². The van der Waals surface area contributed by atoms with Gasteiger partial charge in [0.25, 0.3) is 0 Å². The molecule has 5 heteroatoms. The molecule has 0 aliphatic carbocycles. The Morgan fingerprint density at radius 2 is 2.56 bits per heavy atom. The predicted molar refractivity (Wildman–Crippen MR) is 28.1 cm³/mol. The molecule has 0 aromatic carbocycles. The largest absolute Gasteiger partial charge is 0.477 e. The molecule has 0 saturated heterocycles. The Labute approximate surface area is 50.9 Å². The highest BCUT2D eigenvalue weighted by Gasteiger charge is 1.85. The third-order valence-electron chi connectivity index (χ3n) is 0.406. The Morgan fingerprint density at radius 1 is 1.89 bits per heavy atom. The average molecular weight is 135 g/mol. The summed E-state index contributed by atoms with van der Waals surface area (Å²) >= 11 is 0. The summed E-state index contributed by atoms with van der Waals surface area (Å²) in [4.78, 5) is 13.7. The van der Waals surface area contributed by atoms with E-state index in [4.69, 9.17) is 5.11 Å². The van der Waals surface area contributed by atoms with Crippen molar-refractivity contribution in [3.63, 3.8) is 0 Å². The zero-order valence-electron chi connectivity index (χ0n) is 4.58. The maximum Gasteiger partial charge on any atom is 0.350 e. The monoisotopic (exact) mass is 135 g/mol. The first-order valence-corrected chi connectivity index (χ1v) is 2.21. The van der Waals surface area contributed by atoms with Crippen molar-refractivity contribution in [2.75, 3.05) is 13.3 Å². The molecule has 0 atom stereocenters. The molecule has 0 heterocycles. The molecular weight excluding hydrogens is 129 g/mol. The van der Waals surface area contributed by atoms with Crippen molar-refractivity contribution in [1.29, 1.82) is 0 Å². The molecular formula is C4H6FNO3. The molecule has 0 aliphatic rings. The Hall–Kier alpha value is -1.13.